The number of anilines is 1. The fourth-order valence-electron chi connectivity index (χ4n) is 2.11. The van der Waals surface area contributed by atoms with Crippen molar-refractivity contribution in [3.05, 3.63) is 64.6 Å². The van der Waals surface area contributed by atoms with Crippen LogP contribution < -0.4 is 5.73 Å². The molecule has 0 aliphatic rings. The number of aromatic nitrogens is 2. The van der Waals surface area contributed by atoms with Gasteiger partial charge in [-0.15, -0.1) is 0 Å². The van der Waals surface area contributed by atoms with E-state index in [-0.39, 0.29) is 0 Å². The summed E-state index contributed by atoms with van der Waals surface area (Å²) in [6.07, 6.45) is 0. The minimum atomic E-state index is 0.441. The highest BCUT2D eigenvalue weighted by Gasteiger charge is 2.07. The summed E-state index contributed by atoms with van der Waals surface area (Å²) in [4.78, 5) is 9.19. The van der Waals surface area contributed by atoms with Crippen LogP contribution in [0.1, 0.15) is 11.1 Å². The van der Waals surface area contributed by atoms with Gasteiger partial charge in [0.15, 0.2) is 5.95 Å². The quantitative estimate of drug-likeness (QED) is 0.753. The lowest BCUT2D eigenvalue weighted by Crippen LogP contribution is -1.87. The number of fused-ring (bicyclic) bond motifs is 1. The van der Waals surface area contributed by atoms with Gasteiger partial charge in [-0.3, -0.25) is 0 Å². The SMILES string of the molecule is Nc1nc2ccc(C(=CBr)c3ccccc3)cc2[nH]1. The van der Waals surface area contributed by atoms with Crippen LogP contribution >= 0.6 is 15.9 Å². The number of H-pyrrole nitrogens is 1. The highest BCUT2D eigenvalue weighted by atomic mass is 79.9. The first kappa shape index (κ1) is 12.0. The van der Waals surface area contributed by atoms with Gasteiger partial charge < -0.3 is 10.7 Å². The molecule has 0 aliphatic heterocycles. The standard InChI is InChI=1S/C15H12BrN3/c16-9-12(10-4-2-1-3-5-10)11-6-7-13-14(8-11)19-15(17)18-13/h1-9H,(H3,17,18,19). The number of nitrogens with one attached hydrogen (secondary N) is 1. The molecule has 0 aliphatic carbocycles. The number of nitrogens with two attached hydrogens (primary N) is 1. The van der Waals surface area contributed by atoms with E-state index >= 15 is 0 Å². The van der Waals surface area contributed by atoms with Gasteiger partial charge in [0, 0.05) is 0 Å². The average Bonchev–Trinajstić information content (AvgIpc) is 2.80. The summed E-state index contributed by atoms with van der Waals surface area (Å²) < 4.78 is 0. The fraction of sp³-hybridized carbons (Fsp3) is 0. The summed E-state index contributed by atoms with van der Waals surface area (Å²) in [5, 5.41) is 0. The first-order chi connectivity index (χ1) is 9.28. The van der Waals surface area contributed by atoms with Crippen LogP contribution in [0.25, 0.3) is 16.6 Å². The van der Waals surface area contributed by atoms with Crippen LogP contribution in [0.2, 0.25) is 0 Å². The second-order valence-corrected chi connectivity index (χ2v) is 4.70. The van der Waals surface area contributed by atoms with Crippen molar-refractivity contribution in [2.45, 2.75) is 0 Å². The van der Waals surface area contributed by atoms with Gasteiger partial charge >= 0.3 is 0 Å². The first-order valence-electron chi connectivity index (χ1n) is 5.89. The van der Waals surface area contributed by atoms with Gasteiger partial charge in [0.2, 0.25) is 0 Å². The predicted molar refractivity (Wildman–Crippen MR) is 83.0 cm³/mol. The Labute approximate surface area is 119 Å². The van der Waals surface area contributed by atoms with Gasteiger partial charge in [0.1, 0.15) is 0 Å². The molecule has 0 atom stereocenters. The Kier molecular flexibility index (Phi) is 3.09. The lowest BCUT2D eigenvalue weighted by Gasteiger charge is -2.07. The molecular weight excluding hydrogens is 302 g/mol. The van der Waals surface area contributed by atoms with E-state index in [2.05, 4.69) is 44.1 Å². The molecule has 0 unspecified atom stereocenters. The number of nitrogen functional groups attached to an aromatic ring is 1. The highest BCUT2D eigenvalue weighted by Crippen LogP contribution is 2.27. The van der Waals surface area contributed by atoms with Crippen molar-refractivity contribution in [3.8, 4) is 0 Å². The molecule has 0 fully saturated rings. The second kappa shape index (κ2) is 4.90. The van der Waals surface area contributed by atoms with Gasteiger partial charge in [-0.2, -0.15) is 0 Å². The molecule has 0 saturated carbocycles. The summed E-state index contributed by atoms with van der Waals surface area (Å²) >= 11 is 3.45. The largest absolute Gasteiger partial charge is 0.369 e. The van der Waals surface area contributed by atoms with Crippen molar-refractivity contribution >= 4 is 38.5 Å². The van der Waals surface area contributed by atoms with Crippen molar-refractivity contribution in [3.63, 3.8) is 0 Å². The Morgan fingerprint density at radius 3 is 2.63 bits per heavy atom. The molecule has 0 radical (unpaired) electrons. The normalized spacial score (nSPS) is 11.9. The lowest BCUT2D eigenvalue weighted by atomic mass is 9.99. The molecule has 0 amide bonds. The van der Waals surface area contributed by atoms with Crippen LogP contribution in [0, 0.1) is 0 Å². The van der Waals surface area contributed by atoms with E-state index in [4.69, 9.17) is 5.73 Å². The van der Waals surface area contributed by atoms with Crippen molar-refractivity contribution < 1.29 is 0 Å². The number of benzene rings is 2. The molecule has 3 N–H and O–H groups in total. The van der Waals surface area contributed by atoms with Crippen molar-refractivity contribution in [2.24, 2.45) is 0 Å². The van der Waals surface area contributed by atoms with Crippen LogP contribution in [0.3, 0.4) is 0 Å². The maximum absolute atomic E-state index is 5.67. The van der Waals surface area contributed by atoms with Gasteiger partial charge in [-0.1, -0.05) is 52.3 Å². The van der Waals surface area contributed by atoms with E-state index < -0.39 is 0 Å². The average molecular weight is 314 g/mol. The third-order valence-electron chi connectivity index (χ3n) is 3.01. The van der Waals surface area contributed by atoms with Gasteiger partial charge in [-0.25, -0.2) is 4.98 Å². The zero-order valence-corrected chi connectivity index (χ0v) is 11.7. The molecule has 0 bridgehead atoms. The molecule has 4 heteroatoms. The molecular formula is C15H12BrN3. The number of rotatable bonds is 2. The summed E-state index contributed by atoms with van der Waals surface area (Å²) in [7, 11) is 0. The zero-order chi connectivity index (χ0) is 13.2. The molecule has 19 heavy (non-hydrogen) atoms. The highest BCUT2D eigenvalue weighted by molar-refractivity contribution is 9.11. The molecule has 1 aromatic heterocycles. The topological polar surface area (TPSA) is 54.7 Å². The number of hydrogen-bond acceptors (Lipinski definition) is 2. The van der Waals surface area contributed by atoms with Crippen molar-refractivity contribution in [1.29, 1.82) is 0 Å². The Balaban J connectivity index is 2.12. The van der Waals surface area contributed by atoms with E-state index in [9.17, 15) is 0 Å². The number of halogens is 1. The van der Waals surface area contributed by atoms with Crippen molar-refractivity contribution in [1.82, 2.24) is 9.97 Å². The first-order valence-corrected chi connectivity index (χ1v) is 6.81. The number of imidazole rings is 1. The van der Waals surface area contributed by atoms with Crippen molar-refractivity contribution in [2.75, 3.05) is 5.73 Å². The van der Waals surface area contributed by atoms with Crippen LogP contribution in [0.5, 0.6) is 0 Å². The molecule has 0 spiro atoms. The Morgan fingerprint density at radius 1 is 1.11 bits per heavy atom. The second-order valence-electron chi connectivity index (χ2n) is 4.24. The van der Waals surface area contributed by atoms with Crippen LogP contribution in [-0.4, -0.2) is 9.97 Å². The smallest absolute Gasteiger partial charge is 0.198 e. The molecule has 1 heterocycles. The monoisotopic (exact) mass is 313 g/mol. The van der Waals surface area contributed by atoms with E-state index in [0.717, 1.165) is 27.7 Å². The number of hydrogen-bond donors (Lipinski definition) is 2. The number of nitrogens with zero attached hydrogens (tertiary/aromatic N) is 1. The molecule has 2 aromatic carbocycles. The Hall–Kier alpha value is -2.07. The van der Waals surface area contributed by atoms with E-state index in [1.54, 1.807) is 0 Å². The summed E-state index contributed by atoms with van der Waals surface area (Å²) in [5.41, 5.74) is 10.9. The molecule has 94 valence electrons. The molecule has 0 saturated heterocycles. The Morgan fingerprint density at radius 2 is 1.89 bits per heavy atom. The third-order valence-corrected chi connectivity index (χ3v) is 3.46. The van der Waals surface area contributed by atoms with Gasteiger partial charge in [0.05, 0.1) is 11.0 Å². The summed E-state index contributed by atoms with van der Waals surface area (Å²) in [5.74, 6) is 0.441. The maximum Gasteiger partial charge on any atom is 0.198 e. The molecule has 3 nitrogen and oxygen atoms in total. The fourth-order valence-corrected chi connectivity index (χ4v) is 2.64. The maximum atomic E-state index is 5.67. The van der Waals surface area contributed by atoms with E-state index in [0.29, 0.717) is 5.95 Å². The van der Waals surface area contributed by atoms with E-state index in [1.807, 2.05) is 35.3 Å². The minimum Gasteiger partial charge on any atom is -0.369 e. The van der Waals surface area contributed by atoms with Crippen LogP contribution in [0.15, 0.2) is 53.5 Å². The van der Waals surface area contributed by atoms with E-state index in [1.165, 1.54) is 0 Å². The third kappa shape index (κ3) is 2.27. The van der Waals surface area contributed by atoms with Crippen LogP contribution in [0.4, 0.5) is 5.95 Å². The van der Waals surface area contributed by atoms with Gasteiger partial charge in [-0.05, 0) is 33.8 Å². The lowest BCUT2D eigenvalue weighted by molar-refractivity contribution is 1.35. The van der Waals surface area contributed by atoms with Crippen LogP contribution in [-0.2, 0) is 0 Å². The predicted octanol–water partition coefficient (Wildman–Crippen LogP) is 3.93. The Bertz CT molecular complexity index is 744. The molecule has 3 aromatic rings. The minimum absolute atomic E-state index is 0.441. The van der Waals surface area contributed by atoms with Gasteiger partial charge in [0.25, 0.3) is 0 Å². The number of aromatic amines is 1. The zero-order valence-electron chi connectivity index (χ0n) is 10.1. The summed E-state index contributed by atoms with van der Waals surface area (Å²) in [6.45, 7) is 0. The molecule has 3 rings (SSSR count). The summed E-state index contributed by atoms with van der Waals surface area (Å²) in [6, 6.07) is 16.3.